The SMILES string of the molecule is NC(N)=O.[LiH]. The second kappa shape index (κ2) is 3.87. The van der Waals surface area contributed by atoms with Gasteiger partial charge in [0, 0.05) is 0 Å². The summed E-state index contributed by atoms with van der Waals surface area (Å²) >= 11 is 0. The Morgan fingerprint density at radius 1 is 1.40 bits per heavy atom. The van der Waals surface area contributed by atoms with Gasteiger partial charge in [0.1, 0.15) is 0 Å². The zero-order valence-corrected chi connectivity index (χ0v) is 2.06. The molecule has 3 nitrogen and oxygen atoms in total. The van der Waals surface area contributed by atoms with Gasteiger partial charge in [-0.2, -0.15) is 0 Å². The van der Waals surface area contributed by atoms with E-state index in [0.29, 0.717) is 0 Å². The normalized spacial score (nSPS) is 4.80. The van der Waals surface area contributed by atoms with Crippen LogP contribution in [0.5, 0.6) is 0 Å². The van der Waals surface area contributed by atoms with E-state index in [0.717, 1.165) is 0 Å². The number of hydrogen-bond acceptors (Lipinski definition) is 1. The molecule has 0 saturated carbocycles. The second-order valence-electron chi connectivity index (χ2n) is 0.402. The molecule has 0 heterocycles. The molecule has 0 aromatic heterocycles. The topological polar surface area (TPSA) is 69.1 Å². The summed E-state index contributed by atoms with van der Waals surface area (Å²) in [4.78, 5) is 9.00. The number of amides is 2. The summed E-state index contributed by atoms with van der Waals surface area (Å²) in [5.41, 5.74) is 8.50. The molecular formula is CH5LiN2O. The van der Waals surface area contributed by atoms with Crippen molar-refractivity contribution in [1.82, 2.24) is 0 Å². The van der Waals surface area contributed by atoms with Crippen molar-refractivity contribution in [3.05, 3.63) is 0 Å². The van der Waals surface area contributed by atoms with Gasteiger partial charge in [-0.1, -0.05) is 0 Å². The van der Waals surface area contributed by atoms with Crippen molar-refractivity contribution in [3.8, 4) is 0 Å². The fraction of sp³-hybridized carbons (Fsp3) is 0. The molecule has 0 radical (unpaired) electrons. The molecule has 0 saturated heterocycles. The van der Waals surface area contributed by atoms with Crippen molar-refractivity contribution in [2.75, 3.05) is 0 Å². The van der Waals surface area contributed by atoms with Crippen LogP contribution < -0.4 is 11.5 Å². The maximum atomic E-state index is 9.00. The van der Waals surface area contributed by atoms with Crippen molar-refractivity contribution in [1.29, 1.82) is 0 Å². The summed E-state index contributed by atoms with van der Waals surface area (Å²) in [7, 11) is 0. The zero-order valence-electron chi connectivity index (χ0n) is 2.06. The molecular weight excluding hydrogens is 63.0 g/mol. The molecule has 0 unspecified atom stereocenters. The first-order chi connectivity index (χ1) is 1.73. The third-order valence-corrected chi connectivity index (χ3v) is 0. The van der Waals surface area contributed by atoms with Gasteiger partial charge in [0.15, 0.2) is 0 Å². The molecule has 0 aliphatic rings. The van der Waals surface area contributed by atoms with Crippen molar-refractivity contribution >= 4 is 24.9 Å². The van der Waals surface area contributed by atoms with E-state index < -0.39 is 6.03 Å². The monoisotopic (exact) mass is 68.1 g/mol. The fourth-order valence-corrected chi connectivity index (χ4v) is 0. The first-order valence-electron chi connectivity index (χ1n) is 0.781. The number of nitrogens with two attached hydrogens (primary N) is 2. The molecule has 26 valence electrons. The Morgan fingerprint density at radius 2 is 1.40 bits per heavy atom. The van der Waals surface area contributed by atoms with Gasteiger partial charge >= 0.3 is 24.9 Å². The molecule has 2 amide bonds. The average Bonchev–Trinajstić information content (AvgIpc) is 0.811. The minimum atomic E-state index is -0.833. The van der Waals surface area contributed by atoms with E-state index >= 15 is 0 Å². The summed E-state index contributed by atoms with van der Waals surface area (Å²) < 4.78 is 0. The number of carbonyl (C=O) groups is 1. The minimum absolute atomic E-state index is 0. The van der Waals surface area contributed by atoms with Crippen LogP contribution in [0.1, 0.15) is 0 Å². The fourth-order valence-electron chi connectivity index (χ4n) is 0. The Labute approximate surface area is 41.9 Å². The van der Waals surface area contributed by atoms with E-state index in [9.17, 15) is 0 Å². The number of urea groups is 1. The van der Waals surface area contributed by atoms with E-state index in [1.165, 1.54) is 0 Å². The van der Waals surface area contributed by atoms with E-state index in [1.807, 2.05) is 0 Å². The van der Waals surface area contributed by atoms with E-state index in [2.05, 4.69) is 11.5 Å². The third-order valence-electron chi connectivity index (χ3n) is 0. The van der Waals surface area contributed by atoms with Gasteiger partial charge in [0.05, 0.1) is 0 Å². The Morgan fingerprint density at radius 3 is 1.40 bits per heavy atom. The van der Waals surface area contributed by atoms with Crippen LogP contribution >= 0.6 is 0 Å². The van der Waals surface area contributed by atoms with E-state index in [-0.39, 0.29) is 18.9 Å². The molecule has 0 spiro atoms. The van der Waals surface area contributed by atoms with Gasteiger partial charge in [-0.05, 0) is 0 Å². The molecule has 0 atom stereocenters. The quantitative estimate of drug-likeness (QED) is 0.329. The van der Waals surface area contributed by atoms with Crippen LogP contribution in [0.15, 0.2) is 0 Å². The predicted octanol–water partition coefficient (Wildman–Crippen LogP) is -1.62. The second-order valence-corrected chi connectivity index (χ2v) is 0.402. The van der Waals surface area contributed by atoms with Crippen molar-refractivity contribution in [2.24, 2.45) is 11.5 Å². The van der Waals surface area contributed by atoms with Gasteiger partial charge in [-0.25, -0.2) is 4.79 Å². The molecule has 4 heteroatoms. The van der Waals surface area contributed by atoms with E-state index in [4.69, 9.17) is 4.79 Å². The Kier molecular flexibility index (Phi) is 6.85. The van der Waals surface area contributed by atoms with Crippen molar-refractivity contribution < 1.29 is 4.79 Å². The van der Waals surface area contributed by atoms with Gasteiger partial charge < -0.3 is 11.5 Å². The number of carbonyl (C=O) groups excluding carboxylic acids is 1. The molecule has 0 aliphatic heterocycles. The van der Waals surface area contributed by atoms with E-state index in [1.54, 1.807) is 0 Å². The van der Waals surface area contributed by atoms with Gasteiger partial charge in [-0.15, -0.1) is 0 Å². The number of rotatable bonds is 0. The Hall–Kier alpha value is -0.133. The van der Waals surface area contributed by atoms with Gasteiger partial charge in [-0.3, -0.25) is 0 Å². The van der Waals surface area contributed by atoms with Gasteiger partial charge in [0.25, 0.3) is 0 Å². The zero-order chi connectivity index (χ0) is 3.58. The van der Waals surface area contributed by atoms with Gasteiger partial charge in [0.2, 0.25) is 0 Å². The molecule has 0 fully saturated rings. The Bertz CT molecular complexity index is 32.6. The standard InChI is InChI=1S/CH4N2O.Li.H/c2-1(3)4;;/h(H4,2,3,4);;. The van der Waals surface area contributed by atoms with Crippen LogP contribution in [-0.4, -0.2) is 24.9 Å². The molecule has 0 aliphatic carbocycles. The summed E-state index contributed by atoms with van der Waals surface area (Å²) in [5, 5.41) is 0. The van der Waals surface area contributed by atoms with Crippen LogP contribution in [0.25, 0.3) is 0 Å². The summed E-state index contributed by atoms with van der Waals surface area (Å²) in [6.45, 7) is 0. The van der Waals surface area contributed by atoms with Crippen LogP contribution in [0.3, 0.4) is 0 Å². The molecule has 0 aromatic carbocycles. The molecule has 4 N–H and O–H groups in total. The first-order valence-corrected chi connectivity index (χ1v) is 0.781. The summed E-state index contributed by atoms with van der Waals surface area (Å²) in [5.74, 6) is 0. The van der Waals surface area contributed by atoms with Crippen molar-refractivity contribution in [3.63, 3.8) is 0 Å². The number of hydrogen-bond donors (Lipinski definition) is 2. The first kappa shape index (κ1) is 8.85. The van der Waals surface area contributed by atoms with Crippen LogP contribution in [-0.2, 0) is 0 Å². The van der Waals surface area contributed by atoms with Crippen LogP contribution in [0.4, 0.5) is 4.79 Å². The van der Waals surface area contributed by atoms with Crippen molar-refractivity contribution in [2.45, 2.75) is 0 Å². The Balaban J connectivity index is 0. The number of primary amides is 2. The average molecular weight is 68.0 g/mol. The molecule has 0 aromatic rings. The third kappa shape index (κ3) is 767. The maximum absolute atomic E-state index is 9.00. The molecule has 5 heavy (non-hydrogen) atoms. The summed E-state index contributed by atoms with van der Waals surface area (Å²) in [6, 6.07) is -0.833. The molecule has 0 bridgehead atoms. The molecule has 0 rings (SSSR count). The predicted molar refractivity (Wildman–Crippen MR) is 20.9 cm³/mol. The summed E-state index contributed by atoms with van der Waals surface area (Å²) in [6.07, 6.45) is 0. The van der Waals surface area contributed by atoms with Crippen LogP contribution in [0.2, 0.25) is 0 Å². The van der Waals surface area contributed by atoms with Crippen LogP contribution in [0, 0.1) is 0 Å².